The number of carbonyl (C=O) groups excluding carboxylic acids is 1. The van der Waals surface area contributed by atoms with Crippen LogP contribution in [0.4, 0.5) is 13.2 Å². The lowest BCUT2D eigenvalue weighted by Crippen LogP contribution is -2.39. The minimum absolute atomic E-state index is 0.0405. The maximum Gasteiger partial charge on any atom is 0.416 e. The zero-order valence-electron chi connectivity index (χ0n) is 10.9. The third kappa shape index (κ3) is 4.33. The van der Waals surface area contributed by atoms with E-state index in [0.29, 0.717) is 19.8 Å². The van der Waals surface area contributed by atoms with E-state index in [2.05, 4.69) is 5.32 Å². The van der Waals surface area contributed by atoms with Crippen molar-refractivity contribution in [2.75, 3.05) is 26.4 Å². The predicted octanol–water partition coefficient (Wildman–Crippen LogP) is 2.50. The van der Waals surface area contributed by atoms with Gasteiger partial charge < -0.3 is 14.8 Å². The maximum absolute atomic E-state index is 12.6. The fraction of sp³-hybridized carbons (Fsp3) is 0.462. The van der Waals surface area contributed by atoms with Crippen molar-refractivity contribution in [1.29, 1.82) is 0 Å². The maximum atomic E-state index is 12.6. The number of carbonyl (C=O) groups is 1. The van der Waals surface area contributed by atoms with E-state index in [1.807, 2.05) is 0 Å². The fourth-order valence-corrected chi connectivity index (χ4v) is 2.04. The second-order valence-corrected chi connectivity index (χ2v) is 4.88. The van der Waals surface area contributed by atoms with Crippen LogP contribution in [0.1, 0.15) is 15.9 Å². The van der Waals surface area contributed by atoms with Gasteiger partial charge in [-0.15, -0.1) is 0 Å². The number of hydrogen-bond acceptors (Lipinski definition) is 3. The van der Waals surface area contributed by atoms with Crippen LogP contribution in [0.2, 0.25) is 5.02 Å². The average molecular weight is 324 g/mol. The molecule has 0 unspecified atom stereocenters. The van der Waals surface area contributed by atoms with Gasteiger partial charge in [-0.05, 0) is 18.2 Å². The highest BCUT2D eigenvalue weighted by Gasteiger charge is 2.31. The molecule has 8 heteroatoms. The molecule has 116 valence electrons. The molecule has 2 rings (SSSR count). The van der Waals surface area contributed by atoms with Crippen molar-refractivity contribution in [2.24, 2.45) is 0 Å². The van der Waals surface area contributed by atoms with Gasteiger partial charge in [0.25, 0.3) is 5.91 Å². The highest BCUT2D eigenvalue weighted by atomic mass is 35.5. The summed E-state index contributed by atoms with van der Waals surface area (Å²) in [6.45, 7) is 1.39. The molecule has 1 aliphatic heterocycles. The smallest absolute Gasteiger partial charge is 0.376 e. The summed E-state index contributed by atoms with van der Waals surface area (Å²) >= 11 is 5.78. The number of nitrogens with one attached hydrogen (secondary N) is 1. The topological polar surface area (TPSA) is 47.6 Å². The molecule has 0 radical (unpaired) electrons. The molecule has 1 aliphatic rings. The van der Waals surface area contributed by atoms with E-state index < -0.39 is 17.6 Å². The van der Waals surface area contributed by atoms with E-state index in [-0.39, 0.29) is 23.2 Å². The normalized spacial score (nSPS) is 19.3. The second kappa shape index (κ2) is 6.64. The van der Waals surface area contributed by atoms with Gasteiger partial charge in [0.05, 0.1) is 42.1 Å². The van der Waals surface area contributed by atoms with Crippen LogP contribution in [-0.2, 0) is 15.7 Å². The monoisotopic (exact) mass is 323 g/mol. The Balaban J connectivity index is 2.04. The van der Waals surface area contributed by atoms with Gasteiger partial charge in [-0.3, -0.25) is 4.79 Å². The van der Waals surface area contributed by atoms with Crippen LogP contribution in [0, 0.1) is 0 Å². The van der Waals surface area contributed by atoms with Gasteiger partial charge >= 0.3 is 6.18 Å². The van der Waals surface area contributed by atoms with Crippen LogP contribution in [0.3, 0.4) is 0 Å². The summed E-state index contributed by atoms with van der Waals surface area (Å²) in [4.78, 5) is 11.9. The number of amides is 1. The van der Waals surface area contributed by atoms with E-state index in [0.717, 1.165) is 18.2 Å². The number of alkyl halides is 3. The van der Waals surface area contributed by atoms with Crippen LogP contribution in [0.15, 0.2) is 18.2 Å². The Morgan fingerprint density at radius 3 is 2.76 bits per heavy atom. The molecule has 0 aromatic heterocycles. The third-order valence-corrected chi connectivity index (χ3v) is 3.24. The zero-order valence-corrected chi connectivity index (χ0v) is 11.6. The van der Waals surface area contributed by atoms with E-state index in [1.54, 1.807) is 0 Å². The van der Waals surface area contributed by atoms with Gasteiger partial charge in [0.2, 0.25) is 0 Å². The van der Waals surface area contributed by atoms with E-state index in [9.17, 15) is 18.0 Å². The number of halogens is 4. The first-order chi connectivity index (χ1) is 9.88. The van der Waals surface area contributed by atoms with Crippen LogP contribution in [0.25, 0.3) is 0 Å². The van der Waals surface area contributed by atoms with Crippen molar-refractivity contribution in [1.82, 2.24) is 5.32 Å². The Hall–Kier alpha value is -1.31. The fourth-order valence-electron chi connectivity index (χ4n) is 1.83. The number of benzene rings is 1. The molecule has 4 nitrogen and oxygen atoms in total. The van der Waals surface area contributed by atoms with Crippen LogP contribution in [0.5, 0.6) is 0 Å². The Morgan fingerprint density at radius 1 is 1.38 bits per heavy atom. The molecular formula is C13H13ClF3NO3. The minimum atomic E-state index is -4.53. The molecule has 1 atom stereocenters. The molecule has 1 saturated heterocycles. The van der Waals surface area contributed by atoms with Crippen molar-refractivity contribution >= 4 is 17.5 Å². The van der Waals surface area contributed by atoms with Crippen molar-refractivity contribution < 1.29 is 27.4 Å². The third-order valence-electron chi connectivity index (χ3n) is 2.91. The SMILES string of the molecule is O=C(NC[C@H]1COCCO1)c1cc(C(F)(F)F)ccc1Cl. The van der Waals surface area contributed by atoms with Gasteiger partial charge in [-0.25, -0.2) is 0 Å². The van der Waals surface area contributed by atoms with Gasteiger partial charge in [0.1, 0.15) is 0 Å². The second-order valence-electron chi connectivity index (χ2n) is 4.47. The highest BCUT2D eigenvalue weighted by Crippen LogP contribution is 2.31. The zero-order chi connectivity index (χ0) is 15.5. The molecule has 0 saturated carbocycles. The number of hydrogen-bond donors (Lipinski definition) is 1. The number of ether oxygens (including phenoxy) is 2. The first-order valence-electron chi connectivity index (χ1n) is 6.22. The first-order valence-corrected chi connectivity index (χ1v) is 6.60. The van der Waals surface area contributed by atoms with E-state index >= 15 is 0 Å². The molecule has 1 aromatic carbocycles. The summed E-state index contributed by atoms with van der Waals surface area (Å²) in [7, 11) is 0. The lowest BCUT2D eigenvalue weighted by Gasteiger charge is -2.23. The van der Waals surface area contributed by atoms with E-state index in [1.165, 1.54) is 0 Å². The molecule has 0 spiro atoms. The molecule has 0 bridgehead atoms. The van der Waals surface area contributed by atoms with E-state index in [4.69, 9.17) is 21.1 Å². The van der Waals surface area contributed by atoms with Crippen LogP contribution < -0.4 is 5.32 Å². The molecule has 1 amide bonds. The lowest BCUT2D eigenvalue weighted by molar-refractivity contribution is -0.137. The summed E-state index contributed by atoms with van der Waals surface area (Å²) < 4.78 is 48.4. The summed E-state index contributed by atoms with van der Waals surface area (Å²) in [5.74, 6) is -0.680. The van der Waals surface area contributed by atoms with Gasteiger partial charge in [-0.1, -0.05) is 11.6 Å². The van der Waals surface area contributed by atoms with Crippen molar-refractivity contribution in [3.8, 4) is 0 Å². The largest absolute Gasteiger partial charge is 0.416 e. The molecule has 0 aliphatic carbocycles. The Kier molecular flexibility index (Phi) is 5.08. The van der Waals surface area contributed by atoms with Gasteiger partial charge in [-0.2, -0.15) is 13.2 Å². The average Bonchev–Trinajstić information content (AvgIpc) is 2.45. The standard InChI is InChI=1S/C13H13ClF3NO3/c14-11-2-1-8(13(15,16)17)5-10(11)12(19)18-6-9-7-20-3-4-21-9/h1-2,5,9H,3-4,6-7H2,(H,18,19)/t9-/m0/s1. The highest BCUT2D eigenvalue weighted by molar-refractivity contribution is 6.33. The summed E-state index contributed by atoms with van der Waals surface area (Å²) in [6.07, 6.45) is -4.84. The molecule has 21 heavy (non-hydrogen) atoms. The predicted molar refractivity (Wildman–Crippen MR) is 69.3 cm³/mol. The van der Waals surface area contributed by atoms with Gasteiger partial charge in [0.15, 0.2) is 0 Å². The van der Waals surface area contributed by atoms with Crippen molar-refractivity contribution in [3.63, 3.8) is 0 Å². The molecule has 1 N–H and O–H groups in total. The van der Waals surface area contributed by atoms with Crippen molar-refractivity contribution in [2.45, 2.75) is 12.3 Å². The number of rotatable bonds is 3. The lowest BCUT2D eigenvalue weighted by atomic mass is 10.1. The van der Waals surface area contributed by atoms with Crippen molar-refractivity contribution in [3.05, 3.63) is 34.3 Å². The molecular weight excluding hydrogens is 311 g/mol. The minimum Gasteiger partial charge on any atom is -0.376 e. The van der Waals surface area contributed by atoms with Gasteiger partial charge in [0, 0.05) is 6.54 Å². The molecule has 1 fully saturated rings. The van der Waals surface area contributed by atoms with Crippen LogP contribution in [-0.4, -0.2) is 38.4 Å². The summed E-state index contributed by atoms with van der Waals surface area (Å²) in [6, 6.07) is 2.62. The first kappa shape index (κ1) is 16.1. The Morgan fingerprint density at radius 2 is 2.14 bits per heavy atom. The Labute approximate surface area is 124 Å². The molecule has 1 aromatic rings. The summed E-state index contributed by atoms with van der Waals surface area (Å²) in [5, 5.41) is 2.45. The quantitative estimate of drug-likeness (QED) is 0.929. The summed E-state index contributed by atoms with van der Waals surface area (Å²) in [5.41, 5.74) is -1.14. The van der Waals surface area contributed by atoms with Crippen LogP contribution >= 0.6 is 11.6 Å². The Bertz CT molecular complexity index is 516. The molecule has 1 heterocycles.